The molecule has 0 unspecified atom stereocenters. The molecule has 0 saturated heterocycles. The van der Waals surface area contributed by atoms with Gasteiger partial charge in [0.15, 0.2) is 5.05 Å². The summed E-state index contributed by atoms with van der Waals surface area (Å²) in [6.07, 6.45) is -2.70. The lowest BCUT2D eigenvalue weighted by molar-refractivity contribution is 0.151. The van der Waals surface area contributed by atoms with Gasteiger partial charge in [0.2, 0.25) is 0 Å². The van der Waals surface area contributed by atoms with Crippen molar-refractivity contribution < 1.29 is 13.9 Å². The van der Waals surface area contributed by atoms with Crippen molar-refractivity contribution in [3.63, 3.8) is 0 Å². The predicted octanol–water partition coefficient (Wildman–Crippen LogP) is 3.51. The zero-order chi connectivity index (χ0) is 10.0. The predicted molar refractivity (Wildman–Crippen MR) is 50.7 cm³/mol. The fraction of sp³-hybridized carbons (Fsp3) is 0.125. The maximum Gasteiger partial charge on any atom is 0.264 e. The van der Waals surface area contributed by atoms with E-state index in [1.165, 1.54) is 12.1 Å². The van der Waals surface area contributed by atoms with Crippen LogP contribution in [0.15, 0.2) is 18.2 Å². The Labute approximate surface area is 83.9 Å². The highest BCUT2D eigenvalue weighted by Crippen LogP contribution is 2.26. The maximum absolute atomic E-state index is 12.3. The van der Waals surface area contributed by atoms with Crippen molar-refractivity contribution in [2.75, 3.05) is 0 Å². The van der Waals surface area contributed by atoms with Gasteiger partial charge in [-0.25, -0.2) is 8.78 Å². The standard InChI is InChI=1S/C8H5ClF2OS/c9-4-1-2-5(8(12)13)6(3-4)7(10)11/h1-3,7H,(H,12,13). The van der Waals surface area contributed by atoms with Crippen LogP contribution in [-0.4, -0.2) is 10.2 Å². The average molecular weight is 223 g/mol. The fourth-order valence-corrected chi connectivity index (χ4v) is 1.28. The monoisotopic (exact) mass is 222 g/mol. The number of aliphatic hydroxyl groups excluding tert-OH is 1. The molecule has 0 fully saturated rings. The van der Waals surface area contributed by atoms with E-state index in [2.05, 4.69) is 12.2 Å². The summed E-state index contributed by atoms with van der Waals surface area (Å²) < 4.78 is 24.7. The smallest absolute Gasteiger partial charge is 0.264 e. The molecule has 0 amide bonds. The molecule has 1 aromatic carbocycles. The Kier molecular flexibility index (Phi) is 3.17. The first kappa shape index (κ1) is 10.3. The zero-order valence-corrected chi connectivity index (χ0v) is 7.87. The van der Waals surface area contributed by atoms with Crippen LogP contribution in [0.1, 0.15) is 17.6 Å². The summed E-state index contributed by atoms with van der Waals surface area (Å²) in [7, 11) is 0. The summed E-state index contributed by atoms with van der Waals surface area (Å²) in [6.45, 7) is 0. The van der Waals surface area contributed by atoms with Crippen molar-refractivity contribution in [2.24, 2.45) is 0 Å². The molecule has 0 spiro atoms. The topological polar surface area (TPSA) is 20.2 Å². The van der Waals surface area contributed by atoms with E-state index in [1.54, 1.807) is 0 Å². The van der Waals surface area contributed by atoms with E-state index in [0.29, 0.717) is 0 Å². The van der Waals surface area contributed by atoms with Crippen LogP contribution in [-0.2, 0) is 0 Å². The minimum Gasteiger partial charge on any atom is -0.499 e. The van der Waals surface area contributed by atoms with Crippen LogP contribution in [0.5, 0.6) is 0 Å². The van der Waals surface area contributed by atoms with Crippen molar-refractivity contribution in [3.05, 3.63) is 34.3 Å². The Hall–Kier alpha value is -0.740. The van der Waals surface area contributed by atoms with Crippen LogP contribution in [0.4, 0.5) is 8.78 Å². The first-order valence-electron chi connectivity index (χ1n) is 3.33. The minimum atomic E-state index is -2.70. The normalized spacial score (nSPS) is 10.5. The molecule has 1 nitrogen and oxygen atoms in total. The second-order valence-corrected chi connectivity index (χ2v) is 3.16. The average Bonchev–Trinajstić information content (AvgIpc) is 2.03. The summed E-state index contributed by atoms with van der Waals surface area (Å²) in [5.74, 6) is 0. The highest BCUT2D eigenvalue weighted by atomic mass is 35.5. The third-order valence-electron chi connectivity index (χ3n) is 1.48. The molecule has 1 N–H and O–H groups in total. The van der Waals surface area contributed by atoms with Crippen molar-refractivity contribution in [1.29, 1.82) is 0 Å². The first-order valence-corrected chi connectivity index (χ1v) is 4.12. The number of hydrogen-bond acceptors (Lipinski definition) is 1. The third kappa shape index (κ3) is 2.35. The summed E-state index contributed by atoms with van der Waals surface area (Å²) in [5, 5.41) is 8.54. The van der Waals surface area contributed by atoms with Gasteiger partial charge in [-0.05, 0) is 30.4 Å². The largest absolute Gasteiger partial charge is 0.499 e. The second kappa shape index (κ2) is 3.98. The lowest BCUT2D eigenvalue weighted by Gasteiger charge is -2.06. The molecule has 0 aliphatic rings. The van der Waals surface area contributed by atoms with E-state index in [0.717, 1.165) is 6.07 Å². The Bertz CT molecular complexity index is 341. The SMILES string of the molecule is OC(=S)c1ccc(Cl)cc1C(F)F. The van der Waals surface area contributed by atoms with Gasteiger partial charge in [-0.1, -0.05) is 11.6 Å². The van der Waals surface area contributed by atoms with Crippen LogP contribution in [0.25, 0.3) is 0 Å². The number of thiocarbonyl (C=S) groups is 1. The molecular weight excluding hydrogens is 218 g/mol. The van der Waals surface area contributed by atoms with Crippen molar-refractivity contribution >= 4 is 28.9 Å². The van der Waals surface area contributed by atoms with Gasteiger partial charge in [-0.15, -0.1) is 0 Å². The minimum absolute atomic E-state index is 0.0469. The van der Waals surface area contributed by atoms with Gasteiger partial charge in [0.1, 0.15) is 0 Å². The first-order chi connectivity index (χ1) is 6.02. The number of aliphatic hydroxyl groups is 1. The summed E-state index contributed by atoms with van der Waals surface area (Å²) in [4.78, 5) is 0. The fourth-order valence-electron chi connectivity index (χ4n) is 0.909. The molecular formula is C8H5ClF2OS. The molecule has 0 aromatic heterocycles. The van der Waals surface area contributed by atoms with Gasteiger partial charge in [0.05, 0.1) is 0 Å². The number of alkyl halides is 2. The Morgan fingerprint density at radius 2 is 2.08 bits per heavy atom. The van der Waals surface area contributed by atoms with Gasteiger partial charge in [-0.2, -0.15) is 0 Å². The summed E-state index contributed by atoms with van der Waals surface area (Å²) in [6, 6.07) is 3.75. The maximum atomic E-state index is 12.3. The molecule has 13 heavy (non-hydrogen) atoms. The number of hydrogen-bond donors (Lipinski definition) is 1. The molecule has 0 atom stereocenters. The highest BCUT2D eigenvalue weighted by molar-refractivity contribution is 7.80. The highest BCUT2D eigenvalue weighted by Gasteiger charge is 2.15. The van der Waals surface area contributed by atoms with E-state index in [1.807, 2.05) is 0 Å². The lowest BCUT2D eigenvalue weighted by Crippen LogP contribution is -2.01. The van der Waals surface area contributed by atoms with Crippen molar-refractivity contribution in [3.8, 4) is 0 Å². The molecule has 1 rings (SSSR count). The quantitative estimate of drug-likeness (QED) is 0.773. The Balaban J connectivity index is 3.26. The van der Waals surface area contributed by atoms with E-state index < -0.39 is 11.5 Å². The van der Waals surface area contributed by atoms with Crippen LogP contribution < -0.4 is 0 Å². The van der Waals surface area contributed by atoms with Gasteiger partial charge >= 0.3 is 0 Å². The molecule has 5 heteroatoms. The van der Waals surface area contributed by atoms with Crippen molar-refractivity contribution in [1.82, 2.24) is 0 Å². The summed E-state index contributed by atoms with van der Waals surface area (Å²) in [5.41, 5.74) is -0.394. The number of halogens is 3. The molecule has 1 aromatic rings. The Morgan fingerprint density at radius 1 is 1.46 bits per heavy atom. The zero-order valence-electron chi connectivity index (χ0n) is 6.30. The summed E-state index contributed by atoms with van der Waals surface area (Å²) >= 11 is 9.90. The molecule has 0 aliphatic heterocycles. The van der Waals surface area contributed by atoms with E-state index in [4.69, 9.17) is 16.7 Å². The molecule has 0 bridgehead atoms. The van der Waals surface area contributed by atoms with E-state index >= 15 is 0 Å². The van der Waals surface area contributed by atoms with Gasteiger partial charge in [0, 0.05) is 16.1 Å². The molecule has 70 valence electrons. The van der Waals surface area contributed by atoms with Gasteiger partial charge in [0.25, 0.3) is 6.43 Å². The second-order valence-electron chi connectivity index (χ2n) is 2.34. The third-order valence-corrected chi connectivity index (χ3v) is 1.93. The van der Waals surface area contributed by atoms with Gasteiger partial charge in [-0.3, -0.25) is 0 Å². The molecule has 0 radical (unpaired) electrons. The number of rotatable bonds is 2. The van der Waals surface area contributed by atoms with E-state index in [-0.39, 0.29) is 16.1 Å². The van der Waals surface area contributed by atoms with Crippen LogP contribution >= 0.6 is 23.8 Å². The van der Waals surface area contributed by atoms with Gasteiger partial charge < -0.3 is 5.11 Å². The van der Waals surface area contributed by atoms with Crippen LogP contribution in [0.3, 0.4) is 0 Å². The van der Waals surface area contributed by atoms with Crippen LogP contribution in [0.2, 0.25) is 5.02 Å². The lowest BCUT2D eigenvalue weighted by atomic mass is 10.1. The van der Waals surface area contributed by atoms with E-state index in [9.17, 15) is 8.78 Å². The van der Waals surface area contributed by atoms with Crippen molar-refractivity contribution in [2.45, 2.75) is 6.43 Å². The number of benzene rings is 1. The molecule has 0 saturated carbocycles. The van der Waals surface area contributed by atoms with Crippen LogP contribution in [0, 0.1) is 0 Å². The molecule has 0 heterocycles. The Morgan fingerprint density at radius 3 is 2.54 bits per heavy atom. The molecule has 0 aliphatic carbocycles.